The van der Waals surface area contributed by atoms with Gasteiger partial charge in [-0.05, 0) is 61.6 Å². The van der Waals surface area contributed by atoms with Crippen LogP contribution in [0.5, 0.6) is 17.2 Å². The van der Waals surface area contributed by atoms with Crippen molar-refractivity contribution in [3.05, 3.63) is 72.4 Å². The van der Waals surface area contributed by atoms with E-state index in [1.807, 2.05) is 54.7 Å². The molecule has 0 saturated carbocycles. The van der Waals surface area contributed by atoms with Crippen molar-refractivity contribution in [1.82, 2.24) is 9.38 Å². The van der Waals surface area contributed by atoms with Crippen LogP contribution in [0.25, 0.3) is 16.9 Å². The highest BCUT2D eigenvalue weighted by atomic mass is 16.7. The van der Waals surface area contributed by atoms with Crippen molar-refractivity contribution < 1.29 is 14.2 Å². The van der Waals surface area contributed by atoms with Gasteiger partial charge in [-0.2, -0.15) is 0 Å². The van der Waals surface area contributed by atoms with E-state index in [4.69, 9.17) is 19.2 Å². The van der Waals surface area contributed by atoms with Gasteiger partial charge in [0, 0.05) is 17.3 Å². The molecule has 2 aromatic carbocycles. The zero-order chi connectivity index (χ0) is 24.6. The van der Waals surface area contributed by atoms with Crippen molar-refractivity contribution in [3.63, 3.8) is 0 Å². The minimum atomic E-state index is -0.166. The standard InChI is InChI=1S/C29H33N3O3/c1-28(2,3)18-29(4,5)31-27-25(21-13-14-22-24(16-21)35-19-34-22)30-26-23(12-9-15-32(26)27)33-17-20-10-7-6-8-11-20/h6-16,31H,17-19H2,1-5H3. The molecule has 0 atom stereocenters. The average Bonchev–Trinajstić information content (AvgIpc) is 3.41. The first-order valence-corrected chi connectivity index (χ1v) is 12.0. The lowest BCUT2D eigenvalue weighted by Crippen LogP contribution is -2.36. The maximum Gasteiger partial charge on any atom is 0.231 e. The number of pyridine rings is 1. The SMILES string of the molecule is CC(C)(C)CC(C)(C)Nc1c(-c2ccc3c(c2)OCO3)nc2c(OCc3ccccc3)cccn12. The Kier molecular flexibility index (Phi) is 5.83. The van der Waals surface area contributed by atoms with Crippen molar-refractivity contribution in [2.24, 2.45) is 5.41 Å². The van der Waals surface area contributed by atoms with E-state index in [0.717, 1.165) is 52.0 Å². The number of fused-ring (bicyclic) bond motifs is 2. The fourth-order valence-electron chi connectivity index (χ4n) is 4.95. The molecule has 1 aliphatic rings. The van der Waals surface area contributed by atoms with E-state index in [9.17, 15) is 0 Å². The van der Waals surface area contributed by atoms with Gasteiger partial charge in [0.1, 0.15) is 18.1 Å². The highest BCUT2D eigenvalue weighted by molar-refractivity contribution is 5.80. The Morgan fingerprint density at radius 3 is 2.49 bits per heavy atom. The lowest BCUT2D eigenvalue weighted by Gasteiger charge is -2.34. The molecule has 1 aliphatic heterocycles. The van der Waals surface area contributed by atoms with Crippen LogP contribution in [0.4, 0.5) is 5.82 Å². The lowest BCUT2D eigenvalue weighted by molar-refractivity contribution is 0.174. The van der Waals surface area contributed by atoms with Crippen LogP contribution in [0.1, 0.15) is 46.6 Å². The van der Waals surface area contributed by atoms with Crippen molar-refractivity contribution in [3.8, 4) is 28.5 Å². The predicted molar refractivity (Wildman–Crippen MR) is 139 cm³/mol. The summed E-state index contributed by atoms with van der Waals surface area (Å²) < 4.78 is 19.5. The molecule has 0 saturated heterocycles. The largest absolute Gasteiger partial charge is 0.485 e. The third kappa shape index (κ3) is 5.06. The second-order valence-corrected chi connectivity index (χ2v) is 11.0. The molecule has 0 bridgehead atoms. The first kappa shape index (κ1) is 23.1. The summed E-state index contributed by atoms with van der Waals surface area (Å²) in [5.74, 6) is 3.16. The monoisotopic (exact) mass is 471 g/mol. The Bertz CT molecular complexity index is 1340. The van der Waals surface area contributed by atoms with Crippen LogP contribution in [0.15, 0.2) is 66.9 Å². The highest BCUT2D eigenvalue weighted by Crippen LogP contribution is 2.40. The summed E-state index contributed by atoms with van der Waals surface area (Å²) in [4.78, 5) is 5.08. The Hall–Kier alpha value is -3.67. The predicted octanol–water partition coefficient (Wildman–Crippen LogP) is 6.94. The number of ether oxygens (including phenoxy) is 3. The molecule has 182 valence electrons. The minimum Gasteiger partial charge on any atom is -0.485 e. The van der Waals surface area contributed by atoms with E-state index in [1.54, 1.807) is 0 Å². The number of nitrogens with zero attached hydrogens (tertiary/aromatic N) is 2. The Labute approximate surface area is 206 Å². The average molecular weight is 472 g/mol. The molecule has 0 aliphatic carbocycles. The smallest absolute Gasteiger partial charge is 0.231 e. The van der Waals surface area contributed by atoms with Gasteiger partial charge in [0.05, 0.1) is 0 Å². The molecule has 0 spiro atoms. The Morgan fingerprint density at radius 2 is 1.71 bits per heavy atom. The molecule has 0 amide bonds. The molecule has 2 aromatic heterocycles. The quantitative estimate of drug-likeness (QED) is 0.316. The van der Waals surface area contributed by atoms with Gasteiger partial charge in [-0.3, -0.25) is 4.40 Å². The summed E-state index contributed by atoms with van der Waals surface area (Å²) >= 11 is 0. The zero-order valence-electron chi connectivity index (χ0n) is 21.1. The minimum absolute atomic E-state index is 0.166. The van der Waals surface area contributed by atoms with Gasteiger partial charge in [-0.25, -0.2) is 4.98 Å². The summed E-state index contributed by atoms with van der Waals surface area (Å²) in [6, 6.07) is 20.1. The van der Waals surface area contributed by atoms with Crippen molar-refractivity contribution >= 4 is 11.5 Å². The van der Waals surface area contributed by atoms with Gasteiger partial charge in [-0.1, -0.05) is 51.1 Å². The van der Waals surface area contributed by atoms with Crippen LogP contribution in [-0.2, 0) is 6.61 Å². The van der Waals surface area contributed by atoms with Gasteiger partial charge in [0.2, 0.25) is 6.79 Å². The van der Waals surface area contributed by atoms with Crippen LogP contribution in [0.2, 0.25) is 0 Å². The molecule has 0 fully saturated rings. The van der Waals surface area contributed by atoms with Gasteiger partial charge < -0.3 is 19.5 Å². The molecule has 0 unspecified atom stereocenters. The van der Waals surface area contributed by atoms with Gasteiger partial charge in [0.15, 0.2) is 22.9 Å². The number of aromatic nitrogens is 2. The van der Waals surface area contributed by atoms with Crippen molar-refractivity contribution in [1.29, 1.82) is 0 Å². The number of hydrogen-bond acceptors (Lipinski definition) is 5. The summed E-state index contributed by atoms with van der Waals surface area (Å²) in [5, 5.41) is 3.81. The van der Waals surface area contributed by atoms with E-state index < -0.39 is 0 Å². The van der Waals surface area contributed by atoms with Gasteiger partial charge in [-0.15, -0.1) is 0 Å². The molecular weight excluding hydrogens is 438 g/mol. The molecule has 6 heteroatoms. The molecule has 1 N–H and O–H groups in total. The fraction of sp³-hybridized carbons (Fsp3) is 0.345. The first-order valence-electron chi connectivity index (χ1n) is 12.0. The third-order valence-electron chi connectivity index (χ3n) is 5.93. The second-order valence-electron chi connectivity index (χ2n) is 11.0. The second kappa shape index (κ2) is 8.84. The normalized spacial score (nSPS) is 13.3. The number of rotatable bonds is 7. The van der Waals surface area contributed by atoms with E-state index >= 15 is 0 Å². The van der Waals surface area contributed by atoms with Crippen LogP contribution in [0, 0.1) is 5.41 Å². The molecule has 4 aromatic rings. The first-order chi connectivity index (χ1) is 16.7. The molecular formula is C29H33N3O3. The van der Waals surface area contributed by atoms with E-state index in [-0.39, 0.29) is 17.7 Å². The number of hydrogen-bond donors (Lipinski definition) is 1. The number of imidazole rings is 1. The number of benzene rings is 2. The molecule has 5 rings (SSSR count). The molecule has 3 heterocycles. The molecule has 35 heavy (non-hydrogen) atoms. The van der Waals surface area contributed by atoms with Crippen molar-refractivity contribution in [2.45, 2.75) is 53.2 Å². The van der Waals surface area contributed by atoms with Crippen molar-refractivity contribution in [2.75, 3.05) is 12.1 Å². The Morgan fingerprint density at radius 1 is 0.943 bits per heavy atom. The zero-order valence-corrected chi connectivity index (χ0v) is 21.1. The van der Waals surface area contributed by atoms with Crippen LogP contribution in [0.3, 0.4) is 0 Å². The summed E-state index contributed by atoms with van der Waals surface area (Å²) in [7, 11) is 0. The summed E-state index contributed by atoms with van der Waals surface area (Å²) in [6.07, 6.45) is 3.02. The lowest BCUT2D eigenvalue weighted by atomic mass is 9.82. The number of anilines is 1. The fourth-order valence-corrected chi connectivity index (χ4v) is 4.95. The number of nitrogens with one attached hydrogen (secondary N) is 1. The highest BCUT2D eigenvalue weighted by Gasteiger charge is 2.29. The van der Waals surface area contributed by atoms with Gasteiger partial charge in [0.25, 0.3) is 0 Å². The van der Waals surface area contributed by atoms with Gasteiger partial charge >= 0.3 is 0 Å². The van der Waals surface area contributed by atoms with E-state index in [1.165, 1.54) is 0 Å². The molecule has 6 nitrogen and oxygen atoms in total. The summed E-state index contributed by atoms with van der Waals surface area (Å²) in [5.41, 5.74) is 3.69. The van der Waals surface area contributed by atoms with E-state index in [2.05, 4.69) is 56.5 Å². The maximum absolute atomic E-state index is 6.24. The van der Waals surface area contributed by atoms with E-state index in [0.29, 0.717) is 6.61 Å². The Balaban J connectivity index is 1.58. The maximum atomic E-state index is 6.24. The topological polar surface area (TPSA) is 57.0 Å². The van der Waals surface area contributed by atoms with Crippen LogP contribution in [-0.4, -0.2) is 21.7 Å². The van der Waals surface area contributed by atoms with Crippen LogP contribution < -0.4 is 19.5 Å². The third-order valence-corrected chi connectivity index (χ3v) is 5.93. The molecule has 0 radical (unpaired) electrons. The van der Waals surface area contributed by atoms with Crippen LogP contribution >= 0.6 is 0 Å². The summed E-state index contributed by atoms with van der Waals surface area (Å²) in [6.45, 7) is 12.0.